The summed E-state index contributed by atoms with van der Waals surface area (Å²) in [5, 5.41) is 9.50. The van der Waals surface area contributed by atoms with Crippen LogP contribution in [0.5, 0.6) is 11.5 Å². The summed E-state index contributed by atoms with van der Waals surface area (Å²) in [5.74, 6) is 0.583. The molecular formula is C20H19F3N4O4. The Morgan fingerprint density at radius 2 is 2.06 bits per heavy atom. The highest BCUT2D eigenvalue weighted by Crippen LogP contribution is 2.43. The number of ether oxygens (including phenoxy) is 2. The van der Waals surface area contributed by atoms with Gasteiger partial charge in [0.25, 0.3) is 5.91 Å². The van der Waals surface area contributed by atoms with Gasteiger partial charge in [0.2, 0.25) is 0 Å². The van der Waals surface area contributed by atoms with E-state index in [-0.39, 0.29) is 17.9 Å². The molecule has 0 spiro atoms. The van der Waals surface area contributed by atoms with Crippen molar-refractivity contribution in [2.24, 2.45) is 0 Å². The fourth-order valence-corrected chi connectivity index (χ4v) is 3.46. The number of amides is 1. The van der Waals surface area contributed by atoms with Crippen LogP contribution in [0, 0.1) is 0 Å². The van der Waals surface area contributed by atoms with Gasteiger partial charge < -0.3 is 24.5 Å². The van der Waals surface area contributed by atoms with Crippen molar-refractivity contribution in [2.45, 2.75) is 24.7 Å². The average molecular weight is 436 g/mol. The summed E-state index contributed by atoms with van der Waals surface area (Å²) in [6, 6.07) is 6.64. The number of hydrogen-bond acceptors (Lipinski definition) is 6. The van der Waals surface area contributed by atoms with Crippen LogP contribution in [0.15, 0.2) is 47.1 Å². The summed E-state index contributed by atoms with van der Waals surface area (Å²) < 4.78 is 57.6. The monoisotopic (exact) mass is 436 g/mol. The lowest BCUT2D eigenvalue weighted by Crippen LogP contribution is -2.35. The normalized spacial score (nSPS) is 18.1. The van der Waals surface area contributed by atoms with Gasteiger partial charge in [-0.25, -0.2) is 4.68 Å². The molecule has 0 saturated carbocycles. The van der Waals surface area contributed by atoms with Gasteiger partial charge in [-0.1, -0.05) is 0 Å². The maximum absolute atomic E-state index is 13.7. The molecule has 1 aliphatic heterocycles. The fraction of sp³-hybridized carbons (Fsp3) is 0.300. The van der Waals surface area contributed by atoms with Crippen LogP contribution in [0.4, 0.5) is 24.7 Å². The van der Waals surface area contributed by atoms with Crippen LogP contribution in [0.3, 0.4) is 0 Å². The molecule has 1 aliphatic rings. The third-order valence-corrected chi connectivity index (χ3v) is 4.96. The highest BCUT2D eigenvalue weighted by Gasteiger charge is 2.47. The summed E-state index contributed by atoms with van der Waals surface area (Å²) in [6.07, 6.45) is -3.49. The fourth-order valence-electron chi connectivity index (χ4n) is 3.46. The van der Waals surface area contributed by atoms with E-state index in [9.17, 15) is 18.0 Å². The van der Waals surface area contributed by atoms with Gasteiger partial charge in [-0.15, -0.1) is 0 Å². The third-order valence-electron chi connectivity index (χ3n) is 4.96. The number of fused-ring (bicyclic) bond motifs is 1. The number of furan rings is 1. The second kappa shape index (κ2) is 7.89. The van der Waals surface area contributed by atoms with Gasteiger partial charge >= 0.3 is 6.18 Å². The molecule has 2 aromatic heterocycles. The van der Waals surface area contributed by atoms with E-state index >= 15 is 0 Å². The summed E-state index contributed by atoms with van der Waals surface area (Å²) in [4.78, 5) is 12.8. The van der Waals surface area contributed by atoms with E-state index in [1.165, 1.54) is 32.6 Å². The zero-order chi connectivity index (χ0) is 22.2. The first kappa shape index (κ1) is 20.6. The Morgan fingerprint density at radius 1 is 1.26 bits per heavy atom. The predicted octanol–water partition coefficient (Wildman–Crippen LogP) is 4.41. The highest BCUT2D eigenvalue weighted by atomic mass is 19.4. The van der Waals surface area contributed by atoms with Crippen LogP contribution in [-0.2, 0) is 0 Å². The zero-order valence-electron chi connectivity index (χ0n) is 16.6. The van der Waals surface area contributed by atoms with Crippen molar-refractivity contribution in [1.29, 1.82) is 0 Å². The molecule has 3 heterocycles. The SMILES string of the molecule is COc1ccc(OC)c(NC(=O)c2cc3n(n2)[C@H](C(F)(F)F)C[C@H](c2ccco2)N3)c1. The molecule has 8 nitrogen and oxygen atoms in total. The zero-order valence-corrected chi connectivity index (χ0v) is 16.6. The Kier molecular flexibility index (Phi) is 5.25. The molecule has 164 valence electrons. The van der Waals surface area contributed by atoms with Gasteiger partial charge in [0.15, 0.2) is 11.7 Å². The molecular weight excluding hydrogens is 417 g/mol. The van der Waals surface area contributed by atoms with Crippen molar-refractivity contribution < 1.29 is 31.9 Å². The van der Waals surface area contributed by atoms with Crippen LogP contribution in [0.1, 0.15) is 34.8 Å². The standard InChI is InChI=1S/C20H19F3N4O4/c1-29-11-5-6-15(30-2)12(8-11)25-19(28)14-10-18-24-13(16-4-3-7-31-16)9-17(20(21,22)23)27(18)26-14/h3-8,10,13,17,24H,9H2,1-2H3,(H,25,28)/t13-,17+/m1/s1. The van der Waals surface area contributed by atoms with E-state index in [0.29, 0.717) is 22.9 Å². The van der Waals surface area contributed by atoms with Crippen LogP contribution < -0.4 is 20.1 Å². The number of aromatic nitrogens is 2. The Balaban J connectivity index is 1.64. The van der Waals surface area contributed by atoms with Crippen LogP contribution in [0.25, 0.3) is 0 Å². The molecule has 0 unspecified atom stereocenters. The molecule has 11 heteroatoms. The van der Waals surface area contributed by atoms with Gasteiger partial charge in [0.1, 0.15) is 23.1 Å². The molecule has 1 aromatic carbocycles. The number of nitrogens with one attached hydrogen (secondary N) is 2. The first-order valence-corrected chi connectivity index (χ1v) is 9.29. The average Bonchev–Trinajstić information content (AvgIpc) is 3.42. The first-order chi connectivity index (χ1) is 14.8. The van der Waals surface area contributed by atoms with Crippen molar-refractivity contribution in [2.75, 3.05) is 24.9 Å². The number of hydrogen-bond donors (Lipinski definition) is 2. The van der Waals surface area contributed by atoms with Gasteiger partial charge in [-0.3, -0.25) is 4.79 Å². The van der Waals surface area contributed by atoms with Gasteiger partial charge in [0, 0.05) is 18.6 Å². The lowest BCUT2D eigenvalue weighted by Gasteiger charge is -2.32. The van der Waals surface area contributed by atoms with Gasteiger partial charge in [-0.2, -0.15) is 18.3 Å². The first-order valence-electron chi connectivity index (χ1n) is 9.29. The van der Waals surface area contributed by atoms with E-state index in [4.69, 9.17) is 13.9 Å². The maximum atomic E-state index is 13.7. The second-order valence-corrected chi connectivity index (χ2v) is 6.89. The molecule has 0 aliphatic carbocycles. The quantitative estimate of drug-likeness (QED) is 0.616. The molecule has 3 aromatic rings. The Bertz CT molecular complexity index is 1080. The number of alkyl halides is 3. The molecule has 4 rings (SSSR count). The molecule has 2 atom stereocenters. The largest absolute Gasteiger partial charge is 0.497 e. The molecule has 2 N–H and O–H groups in total. The summed E-state index contributed by atoms with van der Waals surface area (Å²) in [7, 11) is 2.90. The van der Waals surface area contributed by atoms with Gasteiger partial charge in [-0.05, 0) is 24.3 Å². The van der Waals surface area contributed by atoms with Crippen LogP contribution in [-0.4, -0.2) is 36.1 Å². The van der Waals surface area contributed by atoms with Crippen LogP contribution in [0.2, 0.25) is 0 Å². The molecule has 0 saturated heterocycles. The molecule has 0 fully saturated rings. The minimum absolute atomic E-state index is 0.0673. The Labute approximate surface area is 174 Å². The topological polar surface area (TPSA) is 90.5 Å². The van der Waals surface area contributed by atoms with E-state index < -0.39 is 24.2 Å². The number of nitrogens with zero attached hydrogens (tertiary/aromatic N) is 2. The number of carbonyl (C=O) groups excluding carboxylic acids is 1. The van der Waals surface area contributed by atoms with Crippen molar-refractivity contribution in [3.05, 3.63) is 54.1 Å². The van der Waals surface area contributed by atoms with Crippen molar-refractivity contribution in [3.8, 4) is 11.5 Å². The minimum atomic E-state index is -4.56. The Morgan fingerprint density at radius 3 is 2.71 bits per heavy atom. The summed E-state index contributed by atoms with van der Waals surface area (Å²) in [5.41, 5.74) is 0.119. The summed E-state index contributed by atoms with van der Waals surface area (Å²) >= 11 is 0. The number of carbonyl (C=O) groups is 1. The lowest BCUT2D eigenvalue weighted by atomic mass is 10.0. The van der Waals surface area contributed by atoms with Crippen LogP contribution >= 0.6 is 0 Å². The third kappa shape index (κ3) is 4.03. The molecule has 0 radical (unpaired) electrons. The van der Waals surface area contributed by atoms with E-state index in [1.54, 1.807) is 24.3 Å². The van der Waals surface area contributed by atoms with E-state index in [2.05, 4.69) is 15.7 Å². The van der Waals surface area contributed by atoms with Crippen molar-refractivity contribution >= 4 is 17.4 Å². The Hall–Kier alpha value is -3.63. The number of halogens is 3. The highest BCUT2D eigenvalue weighted by molar-refractivity contribution is 6.04. The molecule has 31 heavy (non-hydrogen) atoms. The maximum Gasteiger partial charge on any atom is 0.410 e. The minimum Gasteiger partial charge on any atom is -0.497 e. The predicted molar refractivity (Wildman–Crippen MR) is 105 cm³/mol. The number of rotatable bonds is 5. The van der Waals surface area contributed by atoms with Crippen molar-refractivity contribution in [1.82, 2.24) is 9.78 Å². The second-order valence-electron chi connectivity index (χ2n) is 6.89. The number of benzene rings is 1. The summed E-state index contributed by atoms with van der Waals surface area (Å²) in [6.45, 7) is 0. The molecule has 0 bridgehead atoms. The number of anilines is 2. The van der Waals surface area contributed by atoms with Crippen molar-refractivity contribution in [3.63, 3.8) is 0 Å². The van der Waals surface area contributed by atoms with E-state index in [1.807, 2.05) is 0 Å². The molecule has 1 amide bonds. The van der Waals surface area contributed by atoms with Gasteiger partial charge in [0.05, 0.1) is 32.2 Å². The lowest BCUT2D eigenvalue weighted by molar-refractivity contribution is -0.174. The smallest absolute Gasteiger partial charge is 0.410 e. The number of methoxy groups -OCH3 is 2. The van der Waals surface area contributed by atoms with E-state index in [0.717, 1.165) is 4.68 Å².